The molecule has 1 aromatic rings. The van der Waals surface area contributed by atoms with Crippen LogP contribution < -0.4 is 0 Å². The van der Waals surface area contributed by atoms with Crippen LogP contribution in [0.2, 0.25) is 0 Å². The highest BCUT2D eigenvalue weighted by molar-refractivity contribution is 7.92. The monoisotopic (exact) mass is 220 g/mol. The van der Waals surface area contributed by atoms with Gasteiger partial charge in [0.1, 0.15) is 5.75 Å². The molecule has 1 aromatic carbocycles. The predicted molar refractivity (Wildman–Crippen MR) is 51.5 cm³/mol. The number of rotatable bonds is 2. The molecule has 0 amide bonds. The van der Waals surface area contributed by atoms with Gasteiger partial charge in [-0.15, -0.1) is 11.6 Å². The molecule has 0 fully saturated rings. The van der Waals surface area contributed by atoms with Crippen molar-refractivity contribution in [3.63, 3.8) is 0 Å². The fraction of sp³-hybridized carbons (Fsp3) is 0.250. The molecule has 72 valence electrons. The van der Waals surface area contributed by atoms with Crippen molar-refractivity contribution in [2.24, 2.45) is 0 Å². The fourth-order valence-electron chi connectivity index (χ4n) is 0.873. The Balaban J connectivity index is 3.04. The SMILES string of the molecule is CS(=O)(=O)C(Cl)c1ccc(O)cc1. The molecular formula is C8H9ClO3S. The van der Waals surface area contributed by atoms with E-state index in [2.05, 4.69) is 0 Å². The normalized spacial score (nSPS) is 14.0. The van der Waals surface area contributed by atoms with Crippen LogP contribution in [0, 0.1) is 0 Å². The third-order valence-corrected chi connectivity index (χ3v) is 3.78. The highest BCUT2D eigenvalue weighted by Gasteiger charge is 2.19. The number of halogens is 1. The van der Waals surface area contributed by atoms with Crippen LogP contribution in [-0.4, -0.2) is 19.8 Å². The molecule has 0 saturated heterocycles. The number of benzene rings is 1. The van der Waals surface area contributed by atoms with Crippen molar-refractivity contribution >= 4 is 21.4 Å². The first kappa shape index (κ1) is 10.3. The lowest BCUT2D eigenvalue weighted by atomic mass is 10.2. The third-order valence-electron chi connectivity index (χ3n) is 1.53. The van der Waals surface area contributed by atoms with Crippen LogP contribution >= 0.6 is 11.6 Å². The second-order valence-corrected chi connectivity index (χ2v) is 5.56. The Morgan fingerprint density at radius 2 is 1.77 bits per heavy atom. The van der Waals surface area contributed by atoms with Crippen LogP contribution in [0.1, 0.15) is 10.3 Å². The molecule has 0 aromatic heterocycles. The molecule has 0 aliphatic heterocycles. The number of aromatic hydroxyl groups is 1. The average molecular weight is 221 g/mol. The maximum Gasteiger partial charge on any atom is 0.168 e. The molecule has 0 spiro atoms. The van der Waals surface area contributed by atoms with E-state index in [1.54, 1.807) is 0 Å². The predicted octanol–water partition coefficient (Wildman–Crippen LogP) is 1.67. The lowest BCUT2D eigenvalue weighted by Gasteiger charge is -2.06. The fourth-order valence-corrected chi connectivity index (χ4v) is 1.67. The summed E-state index contributed by atoms with van der Waals surface area (Å²) in [5, 5.41) is 8.95. The summed E-state index contributed by atoms with van der Waals surface area (Å²) in [4.78, 5) is 0. The molecule has 1 rings (SSSR count). The lowest BCUT2D eigenvalue weighted by Crippen LogP contribution is -2.04. The second-order valence-electron chi connectivity index (χ2n) is 2.74. The van der Waals surface area contributed by atoms with Gasteiger partial charge in [0.2, 0.25) is 0 Å². The van der Waals surface area contributed by atoms with Crippen LogP contribution in [0.25, 0.3) is 0 Å². The smallest absolute Gasteiger partial charge is 0.168 e. The van der Waals surface area contributed by atoms with Gasteiger partial charge in [0.05, 0.1) is 0 Å². The van der Waals surface area contributed by atoms with Gasteiger partial charge in [-0.05, 0) is 17.7 Å². The van der Waals surface area contributed by atoms with Crippen molar-refractivity contribution in [3.05, 3.63) is 29.8 Å². The van der Waals surface area contributed by atoms with Crippen LogP contribution in [0.5, 0.6) is 5.75 Å². The van der Waals surface area contributed by atoms with Crippen molar-refractivity contribution in [2.45, 2.75) is 4.71 Å². The first-order valence-electron chi connectivity index (χ1n) is 3.53. The van der Waals surface area contributed by atoms with E-state index >= 15 is 0 Å². The Morgan fingerprint density at radius 1 is 1.31 bits per heavy atom. The minimum Gasteiger partial charge on any atom is -0.508 e. The molecule has 5 heteroatoms. The summed E-state index contributed by atoms with van der Waals surface area (Å²) >= 11 is 5.67. The highest BCUT2D eigenvalue weighted by atomic mass is 35.5. The van der Waals surface area contributed by atoms with Crippen molar-refractivity contribution in [1.82, 2.24) is 0 Å². The van der Waals surface area contributed by atoms with E-state index in [0.29, 0.717) is 5.56 Å². The zero-order chi connectivity index (χ0) is 10.1. The Kier molecular flexibility index (Phi) is 2.83. The van der Waals surface area contributed by atoms with Crippen LogP contribution in [-0.2, 0) is 9.84 Å². The number of phenolic OH excluding ortho intramolecular Hbond substituents is 1. The number of hydrogen-bond acceptors (Lipinski definition) is 3. The number of phenols is 1. The van der Waals surface area contributed by atoms with E-state index < -0.39 is 14.5 Å². The van der Waals surface area contributed by atoms with Crippen LogP contribution in [0.15, 0.2) is 24.3 Å². The maximum atomic E-state index is 11.0. The van der Waals surface area contributed by atoms with Gasteiger partial charge < -0.3 is 5.11 Å². The van der Waals surface area contributed by atoms with Crippen molar-refractivity contribution < 1.29 is 13.5 Å². The van der Waals surface area contributed by atoms with Gasteiger partial charge in [-0.1, -0.05) is 12.1 Å². The van der Waals surface area contributed by atoms with Gasteiger partial charge >= 0.3 is 0 Å². The summed E-state index contributed by atoms with van der Waals surface area (Å²) in [6.45, 7) is 0. The van der Waals surface area contributed by atoms with Gasteiger partial charge in [0.25, 0.3) is 0 Å². The quantitative estimate of drug-likeness (QED) is 0.772. The summed E-state index contributed by atoms with van der Waals surface area (Å²) in [6, 6.07) is 5.76. The van der Waals surface area contributed by atoms with Gasteiger partial charge in [0, 0.05) is 6.26 Å². The molecular weight excluding hydrogens is 212 g/mol. The van der Waals surface area contributed by atoms with E-state index in [-0.39, 0.29) is 5.75 Å². The molecule has 1 unspecified atom stereocenters. The minimum absolute atomic E-state index is 0.0844. The number of sulfone groups is 1. The van der Waals surface area contributed by atoms with Gasteiger partial charge in [0.15, 0.2) is 14.5 Å². The Morgan fingerprint density at radius 3 is 2.15 bits per heavy atom. The topological polar surface area (TPSA) is 54.4 Å². The first-order valence-corrected chi connectivity index (χ1v) is 5.92. The van der Waals surface area contributed by atoms with Crippen molar-refractivity contribution in [1.29, 1.82) is 0 Å². The van der Waals surface area contributed by atoms with Gasteiger partial charge in [-0.2, -0.15) is 0 Å². The average Bonchev–Trinajstić information content (AvgIpc) is 2.03. The molecule has 0 aliphatic carbocycles. The maximum absolute atomic E-state index is 11.0. The van der Waals surface area contributed by atoms with Gasteiger partial charge in [-0.3, -0.25) is 0 Å². The van der Waals surface area contributed by atoms with E-state index in [0.717, 1.165) is 6.26 Å². The summed E-state index contributed by atoms with van der Waals surface area (Å²) in [6.07, 6.45) is 1.07. The second kappa shape index (κ2) is 3.55. The van der Waals surface area contributed by atoms with E-state index in [4.69, 9.17) is 16.7 Å². The number of alkyl halides is 1. The molecule has 1 N–H and O–H groups in total. The molecule has 0 bridgehead atoms. The molecule has 0 radical (unpaired) electrons. The summed E-state index contributed by atoms with van der Waals surface area (Å²) < 4.78 is 21.0. The van der Waals surface area contributed by atoms with Crippen molar-refractivity contribution in [3.8, 4) is 5.75 Å². The summed E-state index contributed by atoms with van der Waals surface area (Å²) in [7, 11) is -3.28. The van der Waals surface area contributed by atoms with Gasteiger partial charge in [-0.25, -0.2) is 8.42 Å². The molecule has 13 heavy (non-hydrogen) atoms. The standard InChI is InChI=1S/C8H9ClO3S/c1-13(11,12)8(9)6-2-4-7(10)5-3-6/h2-5,8,10H,1H3. The molecule has 3 nitrogen and oxygen atoms in total. The molecule has 1 atom stereocenters. The third kappa shape index (κ3) is 2.60. The summed E-state index contributed by atoms with van der Waals surface area (Å²) in [5.74, 6) is 0.0844. The molecule has 0 heterocycles. The Hall–Kier alpha value is -0.740. The van der Waals surface area contributed by atoms with E-state index in [9.17, 15) is 8.42 Å². The first-order chi connectivity index (χ1) is 5.91. The Labute approximate surface area is 81.9 Å². The largest absolute Gasteiger partial charge is 0.508 e. The zero-order valence-corrected chi connectivity index (χ0v) is 8.51. The van der Waals surface area contributed by atoms with E-state index in [1.807, 2.05) is 0 Å². The molecule has 0 aliphatic rings. The summed E-state index contributed by atoms with van der Waals surface area (Å²) in [5.41, 5.74) is 0.460. The van der Waals surface area contributed by atoms with Crippen molar-refractivity contribution in [2.75, 3.05) is 6.26 Å². The van der Waals surface area contributed by atoms with Crippen LogP contribution in [0.4, 0.5) is 0 Å². The zero-order valence-electron chi connectivity index (χ0n) is 6.94. The van der Waals surface area contributed by atoms with Crippen LogP contribution in [0.3, 0.4) is 0 Å². The number of hydrogen-bond donors (Lipinski definition) is 1. The highest BCUT2D eigenvalue weighted by Crippen LogP contribution is 2.26. The van der Waals surface area contributed by atoms with E-state index in [1.165, 1.54) is 24.3 Å². The Bertz CT molecular complexity index is 382. The molecule has 0 saturated carbocycles. The minimum atomic E-state index is -3.28. The lowest BCUT2D eigenvalue weighted by molar-refractivity contribution is 0.475.